The molecule has 0 amide bonds. The second kappa shape index (κ2) is 7.25. The fraction of sp³-hybridized carbons (Fsp3) is 0.176. The second-order valence-corrected chi connectivity index (χ2v) is 7.86. The highest BCUT2D eigenvalue weighted by molar-refractivity contribution is 7.89. The number of aryl methyl sites for hydroxylation is 1. The maximum Gasteiger partial charge on any atom is 0.270 e. The molecule has 140 valence electrons. The summed E-state index contributed by atoms with van der Waals surface area (Å²) >= 11 is 0. The molecule has 0 unspecified atom stereocenters. The predicted octanol–water partition coefficient (Wildman–Crippen LogP) is 2.77. The van der Waals surface area contributed by atoms with E-state index < -0.39 is 14.9 Å². The quantitative estimate of drug-likeness (QED) is 0.470. The molecular formula is C17H16N4O5S. The van der Waals surface area contributed by atoms with Crippen molar-refractivity contribution in [2.45, 2.75) is 18.4 Å². The Labute approximate surface area is 155 Å². The number of nitrogens with zero attached hydrogens (tertiary/aromatic N) is 4. The third-order valence-corrected chi connectivity index (χ3v) is 5.87. The molecule has 0 spiro atoms. The second-order valence-electron chi connectivity index (χ2n) is 5.85. The number of hydrogen-bond acceptors (Lipinski definition) is 7. The summed E-state index contributed by atoms with van der Waals surface area (Å²) in [6, 6.07) is 12.8. The van der Waals surface area contributed by atoms with Crippen LogP contribution in [-0.4, -0.2) is 34.8 Å². The van der Waals surface area contributed by atoms with Crippen LogP contribution in [0, 0.1) is 17.0 Å². The highest BCUT2D eigenvalue weighted by Gasteiger charge is 2.27. The summed E-state index contributed by atoms with van der Waals surface area (Å²) in [6.07, 6.45) is 0. The maximum absolute atomic E-state index is 12.8. The van der Waals surface area contributed by atoms with Crippen molar-refractivity contribution in [3.63, 3.8) is 0 Å². The van der Waals surface area contributed by atoms with Crippen LogP contribution < -0.4 is 0 Å². The van der Waals surface area contributed by atoms with E-state index in [1.165, 1.54) is 19.2 Å². The van der Waals surface area contributed by atoms with E-state index in [2.05, 4.69) is 10.1 Å². The molecular weight excluding hydrogens is 372 g/mol. The summed E-state index contributed by atoms with van der Waals surface area (Å²) in [5.41, 5.74) is 0.854. The minimum Gasteiger partial charge on any atom is -0.338 e. The van der Waals surface area contributed by atoms with Gasteiger partial charge in [-0.05, 0) is 12.5 Å². The van der Waals surface area contributed by atoms with E-state index in [0.717, 1.165) is 15.9 Å². The van der Waals surface area contributed by atoms with Gasteiger partial charge in [-0.25, -0.2) is 8.42 Å². The summed E-state index contributed by atoms with van der Waals surface area (Å²) in [6.45, 7) is 1.41. The molecule has 9 nitrogen and oxygen atoms in total. The Bertz CT molecular complexity index is 1080. The molecule has 3 aromatic rings. The molecule has 0 aliphatic rings. The van der Waals surface area contributed by atoms with Gasteiger partial charge in [0.15, 0.2) is 0 Å². The largest absolute Gasteiger partial charge is 0.338 e. The Morgan fingerprint density at radius 2 is 1.89 bits per heavy atom. The number of sulfonamides is 1. The molecule has 0 saturated heterocycles. The zero-order valence-corrected chi connectivity index (χ0v) is 15.4. The number of rotatable bonds is 6. The van der Waals surface area contributed by atoms with Gasteiger partial charge in [0.1, 0.15) is 0 Å². The van der Waals surface area contributed by atoms with E-state index in [-0.39, 0.29) is 23.0 Å². The monoisotopic (exact) mass is 388 g/mol. The molecule has 10 heteroatoms. The minimum absolute atomic E-state index is 0.114. The number of nitro benzene ring substituents is 1. The van der Waals surface area contributed by atoms with Crippen LogP contribution in [0.1, 0.15) is 11.5 Å². The highest BCUT2D eigenvalue weighted by Crippen LogP contribution is 2.25. The fourth-order valence-corrected chi connectivity index (χ4v) is 3.81. The van der Waals surface area contributed by atoms with Gasteiger partial charge in [0.25, 0.3) is 5.69 Å². The zero-order valence-electron chi connectivity index (χ0n) is 14.6. The summed E-state index contributed by atoms with van der Waals surface area (Å²) in [4.78, 5) is 14.4. The molecule has 1 heterocycles. The molecule has 2 aromatic carbocycles. The molecule has 1 aromatic heterocycles. The van der Waals surface area contributed by atoms with Gasteiger partial charge in [-0.2, -0.15) is 9.29 Å². The van der Waals surface area contributed by atoms with Crippen molar-refractivity contribution < 1.29 is 17.9 Å². The first kappa shape index (κ1) is 18.7. The van der Waals surface area contributed by atoms with Crippen LogP contribution >= 0.6 is 0 Å². The predicted molar refractivity (Wildman–Crippen MR) is 96.2 cm³/mol. The summed E-state index contributed by atoms with van der Waals surface area (Å²) < 4.78 is 31.8. The van der Waals surface area contributed by atoms with Crippen LogP contribution in [0.15, 0.2) is 57.9 Å². The van der Waals surface area contributed by atoms with E-state index in [0.29, 0.717) is 11.4 Å². The Kier molecular flexibility index (Phi) is 5.02. The lowest BCUT2D eigenvalue weighted by molar-refractivity contribution is -0.385. The first-order chi connectivity index (χ1) is 12.8. The first-order valence-electron chi connectivity index (χ1n) is 7.88. The van der Waals surface area contributed by atoms with E-state index in [9.17, 15) is 18.5 Å². The van der Waals surface area contributed by atoms with Crippen LogP contribution in [0.3, 0.4) is 0 Å². The lowest BCUT2D eigenvalue weighted by Gasteiger charge is -2.16. The number of benzene rings is 2. The van der Waals surface area contributed by atoms with Gasteiger partial charge in [-0.15, -0.1) is 0 Å². The molecule has 3 rings (SSSR count). The van der Waals surface area contributed by atoms with Gasteiger partial charge >= 0.3 is 0 Å². The van der Waals surface area contributed by atoms with Crippen molar-refractivity contribution in [3.8, 4) is 11.4 Å². The molecule has 0 bridgehead atoms. The molecule has 0 saturated carbocycles. The van der Waals surface area contributed by atoms with Gasteiger partial charge in [0.05, 0.1) is 16.4 Å². The third kappa shape index (κ3) is 3.86. The van der Waals surface area contributed by atoms with Crippen molar-refractivity contribution in [3.05, 3.63) is 70.1 Å². The van der Waals surface area contributed by atoms with Crippen molar-refractivity contribution >= 4 is 15.7 Å². The molecule has 0 N–H and O–H groups in total. The lowest BCUT2D eigenvalue weighted by Crippen LogP contribution is -2.27. The SMILES string of the molecule is Cc1ccc([N+](=O)[O-])cc1S(=O)(=O)N(C)Cc1nc(-c2ccccc2)no1. The Morgan fingerprint density at radius 3 is 2.56 bits per heavy atom. The average molecular weight is 388 g/mol. The smallest absolute Gasteiger partial charge is 0.270 e. The van der Waals surface area contributed by atoms with Gasteiger partial charge in [-0.3, -0.25) is 10.1 Å². The Morgan fingerprint density at radius 1 is 1.19 bits per heavy atom. The fourth-order valence-electron chi connectivity index (χ4n) is 2.45. The Balaban J connectivity index is 1.86. The molecule has 27 heavy (non-hydrogen) atoms. The molecule has 0 fully saturated rings. The van der Waals surface area contributed by atoms with Gasteiger partial charge in [0.2, 0.25) is 21.7 Å². The minimum atomic E-state index is -3.98. The van der Waals surface area contributed by atoms with Crippen molar-refractivity contribution in [1.82, 2.24) is 14.4 Å². The number of aromatic nitrogens is 2. The topological polar surface area (TPSA) is 119 Å². The normalized spacial score (nSPS) is 11.7. The Hall–Kier alpha value is -3.11. The summed E-state index contributed by atoms with van der Waals surface area (Å²) in [5.74, 6) is 0.464. The van der Waals surface area contributed by atoms with E-state index in [1.807, 2.05) is 30.3 Å². The standard InChI is InChI=1S/C17H16N4O5S/c1-12-8-9-14(21(22)23)10-15(12)27(24,25)20(2)11-16-18-17(19-26-16)13-6-4-3-5-7-13/h3-10H,11H2,1-2H3. The third-order valence-electron chi connectivity index (χ3n) is 3.93. The van der Waals surface area contributed by atoms with Gasteiger partial charge < -0.3 is 4.52 Å². The molecule has 0 atom stereocenters. The zero-order chi connectivity index (χ0) is 19.6. The summed E-state index contributed by atoms with van der Waals surface area (Å²) in [5, 5.41) is 14.8. The summed E-state index contributed by atoms with van der Waals surface area (Å²) in [7, 11) is -2.63. The molecule has 0 aliphatic carbocycles. The van der Waals surface area contributed by atoms with Crippen LogP contribution in [0.25, 0.3) is 11.4 Å². The average Bonchev–Trinajstić information content (AvgIpc) is 3.11. The van der Waals surface area contributed by atoms with Crippen LogP contribution in [-0.2, 0) is 16.6 Å². The maximum atomic E-state index is 12.8. The van der Waals surface area contributed by atoms with Gasteiger partial charge in [0, 0.05) is 24.7 Å². The molecule has 0 radical (unpaired) electrons. The highest BCUT2D eigenvalue weighted by atomic mass is 32.2. The first-order valence-corrected chi connectivity index (χ1v) is 9.32. The molecule has 0 aliphatic heterocycles. The van der Waals surface area contributed by atoms with Crippen LogP contribution in [0.5, 0.6) is 0 Å². The van der Waals surface area contributed by atoms with E-state index >= 15 is 0 Å². The van der Waals surface area contributed by atoms with E-state index in [4.69, 9.17) is 4.52 Å². The van der Waals surface area contributed by atoms with Gasteiger partial charge in [-0.1, -0.05) is 41.6 Å². The van der Waals surface area contributed by atoms with Crippen molar-refractivity contribution in [2.24, 2.45) is 0 Å². The van der Waals surface area contributed by atoms with Crippen molar-refractivity contribution in [2.75, 3.05) is 7.05 Å². The van der Waals surface area contributed by atoms with Crippen LogP contribution in [0.4, 0.5) is 5.69 Å². The number of hydrogen-bond donors (Lipinski definition) is 0. The lowest BCUT2D eigenvalue weighted by atomic mass is 10.2. The number of non-ortho nitro benzene ring substituents is 1. The van der Waals surface area contributed by atoms with Crippen LogP contribution in [0.2, 0.25) is 0 Å². The van der Waals surface area contributed by atoms with E-state index in [1.54, 1.807) is 6.92 Å². The van der Waals surface area contributed by atoms with Crippen molar-refractivity contribution in [1.29, 1.82) is 0 Å². The number of nitro groups is 1.